The van der Waals surface area contributed by atoms with Crippen LogP contribution in [0, 0.1) is 0 Å². The molecule has 2 aromatic carbocycles. The molecule has 1 amide bonds. The van der Waals surface area contributed by atoms with Crippen molar-refractivity contribution in [2.75, 3.05) is 26.6 Å². The Morgan fingerprint density at radius 1 is 1.07 bits per heavy atom. The van der Waals surface area contributed by atoms with Gasteiger partial charge >= 0.3 is 0 Å². The number of aromatic nitrogens is 3. The fraction of sp³-hybridized carbons (Fsp3) is 0.211. The quantitative estimate of drug-likeness (QED) is 0.598. The molecule has 146 valence electrons. The molecule has 0 atom stereocenters. The molecule has 1 N–H and O–H groups in total. The van der Waals surface area contributed by atoms with Gasteiger partial charge in [0.2, 0.25) is 11.7 Å². The molecule has 0 aliphatic rings. The predicted molar refractivity (Wildman–Crippen MR) is 107 cm³/mol. The number of rotatable bonds is 7. The minimum Gasteiger partial charge on any atom is -0.493 e. The van der Waals surface area contributed by atoms with Gasteiger partial charge in [-0.2, -0.15) is 0 Å². The van der Waals surface area contributed by atoms with Gasteiger partial charge in [0.15, 0.2) is 11.5 Å². The molecule has 1 heterocycles. The zero-order chi connectivity index (χ0) is 20.1. The minimum atomic E-state index is -0.388. The summed E-state index contributed by atoms with van der Waals surface area (Å²) >= 11 is 3.41. The van der Waals surface area contributed by atoms with Crippen LogP contribution in [0.15, 0.2) is 47.2 Å². The van der Waals surface area contributed by atoms with Crippen molar-refractivity contribution >= 4 is 27.8 Å². The average molecular weight is 447 g/mol. The zero-order valence-corrected chi connectivity index (χ0v) is 17.2. The molecule has 0 radical (unpaired) electrons. The standard InChI is InChI=1S/C19H19BrN4O4/c1-26-15-8-13(9-16(27-2)17(15)28-3)18(25)22-19-21-11-24(23-19)10-12-4-6-14(20)7-5-12/h4-9,11H,10H2,1-3H3,(H,22,23,25). The maximum Gasteiger partial charge on any atom is 0.258 e. The Morgan fingerprint density at radius 3 is 2.29 bits per heavy atom. The minimum absolute atomic E-state index is 0.205. The van der Waals surface area contributed by atoms with Gasteiger partial charge < -0.3 is 14.2 Å². The summed E-state index contributed by atoms with van der Waals surface area (Å²) in [5.41, 5.74) is 1.40. The largest absolute Gasteiger partial charge is 0.493 e. The first-order chi connectivity index (χ1) is 13.5. The van der Waals surface area contributed by atoms with E-state index in [0.29, 0.717) is 29.4 Å². The summed E-state index contributed by atoms with van der Waals surface area (Å²) in [6.45, 7) is 0.542. The maximum absolute atomic E-state index is 12.6. The SMILES string of the molecule is COc1cc(C(=O)Nc2ncn(Cc3ccc(Br)cc3)n2)cc(OC)c1OC. The second kappa shape index (κ2) is 8.75. The van der Waals surface area contributed by atoms with Crippen molar-refractivity contribution in [2.24, 2.45) is 0 Å². The van der Waals surface area contributed by atoms with Crippen molar-refractivity contribution in [1.29, 1.82) is 0 Å². The smallest absolute Gasteiger partial charge is 0.258 e. The van der Waals surface area contributed by atoms with Gasteiger partial charge in [0.05, 0.1) is 27.9 Å². The molecule has 0 spiro atoms. The summed E-state index contributed by atoms with van der Waals surface area (Å²) in [5, 5.41) is 6.96. The second-order valence-electron chi connectivity index (χ2n) is 5.76. The van der Waals surface area contributed by atoms with Gasteiger partial charge in [-0.15, -0.1) is 5.10 Å². The van der Waals surface area contributed by atoms with E-state index in [4.69, 9.17) is 14.2 Å². The highest BCUT2D eigenvalue weighted by molar-refractivity contribution is 9.10. The van der Waals surface area contributed by atoms with E-state index in [9.17, 15) is 4.79 Å². The Labute approximate surface area is 170 Å². The van der Waals surface area contributed by atoms with E-state index in [1.54, 1.807) is 23.1 Å². The number of benzene rings is 2. The van der Waals surface area contributed by atoms with Crippen LogP contribution in [-0.2, 0) is 6.54 Å². The molecule has 9 heteroatoms. The number of methoxy groups -OCH3 is 3. The third-order valence-corrected chi connectivity index (χ3v) is 4.48. The van der Waals surface area contributed by atoms with Crippen LogP contribution in [0.3, 0.4) is 0 Å². The number of amides is 1. The van der Waals surface area contributed by atoms with Crippen LogP contribution in [0.4, 0.5) is 5.95 Å². The van der Waals surface area contributed by atoms with E-state index < -0.39 is 0 Å². The second-order valence-corrected chi connectivity index (χ2v) is 6.68. The first-order valence-electron chi connectivity index (χ1n) is 8.29. The third kappa shape index (κ3) is 4.42. The van der Waals surface area contributed by atoms with Gasteiger partial charge in [-0.25, -0.2) is 9.67 Å². The summed E-state index contributed by atoms with van der Waals surface area (Å²) in [6.07, 6.45) is 1.56. The zero-order valence-electron chi connectivity index (χ0n) is 15.6. The molecule has 0 saturated heterocycles. The summed E-state index contributed by atoms with van der Waals surface area (Å²) in [7, 11) is 4.48. The van der Waals surface area contributed by atoms with Crippen molar-refractivity contribution in [3.8, 4) is 17.2 Å². The number of nitrogens with zero attached hydrogens (tertiary/aromatic N) is 3. The molecular formula is C19H19BrN4O4. The van der Waals surface area contributed by atoms with Crippen LogP contribution in [0.5, 0.6) is 17.2 Å². The van der Waals surface area contributed by atoms with E-state index in [1.165, 1.54) is 21.3 Å². The number of ether oxygens (including phenoxy) is 3. The van der Waals surface area contributed by atoms with Crippen molar-refractivity contribution in [2.45, 2.75) is 6.54 Å². The molecule has 0 fully saturated rings. The lowest BCUT2D eigenvalue weighted by atomic mass is 10.1. The van der Waals surface area contributed by atoms with Crippen molar-refractivity contribution in [1.82, 2.24) is 14.8 Å². The maximum atomic E-state index is 12.6. The molecule has 0 saturated carbocycles. The average Bonchev–Trinajstić information content (AvgIpc) is 3.15. The fourth-order valence-corrected chi connectivity index (χ4v) is 2.86. The molecule has 3 aromatic rings. The number of nitrogens with one attached hydrogen (secondary N) is 1. The highest BCUT2D eigenvalue weighted by atomic mass is 79.9. The first kappa shape index (κ1) is 19.7. The van der Waals surface area contributed by atoms with Crippen LogP contribution in [0.1, 0.15) is 15.9 Å². The molecule has 1 aromatic heterocycles. The lowest BCUT2D eigenvalue weighted by Crippen LogP contribution is -2.14. The van der Waals surface area contributed by atoms with Gasteiger partial charge in [-0.1, -0.05) is 28.1 Å². The molecule has 0 bridgehead atoms. The van der Waals surface area contributed by atoms with E-state index in [-0.39, 0.29) is 11.9 Å². The lowest BCUT2D eigenvalue weighted by molar-refractivity contribution is 0.102. The Bertz CT molecular complexity index is 947. The van der Waals surface area contributed by atoms with Crippen molar-refractivity contribution in [3.63, 3.8) is 0 Å². The van der Waals surface area contributed by atoms with Gasteiger partial charge in [0.1, 0.15) is 6.33 Å². The monoisotopic (exact) mass is 446 g/mol. The van der Waals surface area contributed by atoms with Gasteiger partial charge in [-0.3, -0.25) is 10.1 Å². The Balaban J connectivity index is 1.74. The summed E-state index contributed by atoms with van der Waals surface area (Å²) < 4.78 is 18.5. The van der Waals surface area contributed by atoms with Crippen LogP contribution in [0.25, 0.3) is 0 Å². The highest BCUT2D eigenvalue weighted by Gasteiger charge is 2.18. The molecule has 28 heavy (non-hydrogen) atoms. The number of carbonyl (C=O) groups is 1. The number of halogens is 1. The number of hydrogen-bond donors (Lipinski definition) is 1. The highest BCUT2D eigenvalue weighted by Crippen LogP contribution is 2.38. The van der Waals surface area contributed by atoms with Crippen LogP contribution in [-0.4, -0.2) is 42.0 Å². The molecule has 0 unspecified atom stereocenters. The Kier molecular flexibility index (Phi) is 6.15. The lowest BCUT2D eigenvalue weighted by Gasteiger charge is -2.13. The number of hydrogen-bond acceptors (Lipinski definition) is 6. The van der Waals surface area contributed by atoms with Gasteiger partial charge in [0, 0.05) is 10.0 Å². The summed E-state index contributed by atoms with van der Waals surface area (Å²) in [6, 6.07) is 11.0. The molecule has 8 nitrogen and oxygen atoms in total. The Hall–Kier alpha value is -3.07. The van der Waals surface area contributed by atoms with Crippen LogP contribution >= 0.6 is 15.9 Å². The summed E-state index contributed by atoms with van der Waals surface area (Å²) in [5.74, 6) is 1.01. The van der Waals surface area contributed by atoms with Crippen LogP contribution in [0.2, 0.25) is 0 Å². The van der Waals surface area contributed by atoms with Crippen molar-refractivity contribution in [3.05, 3.63) is 58.3 Å². The predicted octanol–water partition coefficient (Wildman–Crippen LogP) is 3.37. The van der Waals surface area contributed by atoms with E-state index in [1.807, 2.05) is 24.3 Å². The first-order valence-corrected chi connectivity index (χ1v) is 9.08. The molecular weight excluding hydrogens is 428 g/mol. The molecule has 0 aliphatic heterocycles. The molecule has 3 rings (SSSR count). The van der Waals surface area contributed by atoms with E-state index in [2.05, 4.69) is 31.3 Å². The van der Waals surface area contributed by atoms with Gasteiger partial charge in [-0.05, 0) is 29.8 Å². The molecule has 0 aliphatic carbocycles. The van der Waals surface area contributed by atoms with E-state index in [0.717, 1.165) is 10.0 Å². The normalized spacial score (nSPS) is 10.4. The van der Waals surface area contributed by atoms with Gasteiger partial charge in [0.25, 0.3) is 5.91 Å². The van der Waals surface area contributed by atoms with Crippen molar-refractivity contribution < 1.29 is 19.0 Å². The number of carbonyl (C=O) groups excluding carboxylic acids is 1. The third-order valence-electron chi connectivity index (χ3n) is 3.95. The summed E-state index contributed by atoms with van der Waals surface area (Å²) in [4.78, 5) is 16.7. The topological polar surface area (TPSA) is 87.5 Å². The fourth-order valence-electron chi connectivity index (χ4n) is 2.59. The Morgan fingerprint density at radius 2 is 1.71 bits per heavy atom. The number of anilines is 1. The van der Waals surface area contributed by atoms with E-state index >= 15 is 0 Å². The van der Waals surface area contributed by atoms with Crippen LogP contribution < -0.4 is 19.5 Å².